The highest BCUT2D eigenvalue weighted by atomic mass is 35.5. The van der Waals surface area contributed by atoms with Gasteiger partial charge >= 0.3 is 0 Å². The molecule has 2 rings (SSSR count). The maximum atomic E-state index is 13.1. The molecule has 1 nitrogen and oxygen atoms in total. The minimum atomic E-state index is -0.227. The summed E-state index contributed by atoms with van der Waals surface area (Å²) < 4.78 is 13.1. The van der Waals surface area contributed by atoms with Gasteiger partial charge in [0.05, 0.1) is 10.7 Å². The monoisotopic (exact) mass is 249 g/mol. The van der Waals surface area contributed by atoms with Crippen LogP contribution in [0.15, 0.2) is 48.5 Å². The number of rotatable bonds is 3. The zero-order valence-electron chi connectivity index (χ0n) is 9.45. The van der Waals surface area contributed by atoms with Gasteiger partial charge in [0.2, 0.25) is 0 Å². The zero-order valence-corrected chi connectivity index (χ0v) is 10.2. The molecule has 0 spiro atoms. The van der Waals surface area contributed by atoms with Crippen LogP contribution in [0.1, 0.15) is 18.5 Å². The highest BCUT2D eigenvalue weighted by molar-refractivity contribution is 6.33. The van der Waals surface area contributed by atoms with Crippen molar-refractivity contribution in [1.82, 2.24) is 0 Å². The van der Waals surface area contributed by atoms with Gasteiger partial charge in [-0.15, -0.1) is 0 Å². The van der Waals surface area contributed by atoms with Gasteiger partial charge < -0.3 is 5.32 Å². The van der Waals surface area contributed by atoms with Crippen LogP contribution in [0.25, 0.3) is 0 Å². The molecule has 0 bridgehead atoms. The zero-order chi connectivity index (χ0) is 12.3. The van der Waals surface area contributed by atoms with Crippen LogP contribution < -0.4 is 5.32 Å². The van der Waals surface area contributed by atoms with Crippen molar-refractivity contribution in [3.8, 4) is 0 Å². The van der Waals surface area contributed by atoms with Crippen LogP contribution in [0.4, 0.5) is 10.1 Å². The lowest BCUT2D eigenvalue weighted by Crippen LogP contribution is -2.07. The fourth-order valence-electron chi connectivity index (χ4n) is 1.67. The summed E-state index contributed by atoms with van der Waals surface area (Å²) in [4.78, 5) is 0. The molecule has 0 heterocycles. The minimum absolute atomic E-state index is 0.00519. The molecular formula is C14H13ClFN. The first-order chi connectivity index (χ1) is 8.16. The maximum Gasteiger partial charge on any atom is 0.123 e. The predicted octanol–water partition coefficient (Wildman–Crippen LogP) is 4.65. The summed E-state index contributed by atoms with van der Waals surface area (Å²) >= 11 is 6.05. The highest BCUT2D eigenvalue weighted by Crippen LogP contribution is 2.25. The number of hydrogen-bond donors (Lipinski definition) is 1. The Morgan fingerprint density at radius 1 is 1.12 bits per heavy atom. The van der Waals surface area contributed by atoms with Crippen LogP contribution in [-0.4, -0.2) is 0 Å². The Kier molecular flexibility index (Phi) is 3.64. The van der Waals surface area contributed by atoms with E-state index in [4.69, 9.17) is 11.6 Å². The molecule has 0 saturated carbocycles. The van der Waals surface area contributed by atoms with E-state index in [0.29, 0.717) is 5.02 Å². The molecule has 88 valence electrons. The Morgan fingerprint density at radius 3 is 2.59 bits per heavy atom. The van der Waals surface area contributed by atoms with Gasteiger partial charge in [-0.05, 0) is 36.8 Å². The fraction of sp³-hybridized carbons (Fsp3) is 0.143. The summed E-state index contributed by atoms with van der Waals surface area (Å²) in [7, 11) is 0. The number of benzene rings is 2. The van der Waals surface area contributed by atoms with Crippen molar-refractivity contribution < 1.29 is 4.39 Å². The average molecular weight is 250 g/mol. The Balaban J connectivity index is 2.17. The van der Waals surface area contributed by atoms with Crippen molar-refractivity contribution in [2.45, 2.75) is 13.0 Å². The second-order valence-electron chi connectivity index (χ2n) is 3.90. The van der Waals surface area contributed by atoms with Gasteiger partial charge in [-0.1, -0.05) is 35.9 Å². The van der Waals surface area contributed by atoms with Crippen molar-refractivity contribution >= 4 is 17.3 Å². The molecule has 0 aliphatic carbocycles. The Labute approximate surface area is 105 Å². The summed E-state index contributed by atoms with van der Waals surface area (Å²) in [6.45, 7) is 1.97. The van der Waals surface area contributed by atoms with Gasteiger partial charge in [0.25, 0.3) is 0 Å². The molecule has 0 aliphatic rings. The molecule has 1 unspecified atom stereocenters. The van der Waals surface area contributed by atoms with Crippen LogP contribution in [0.5, 0.6) is 0 Å². The van der Waals surface area contributed by atoms with Crippen LogP contribution in [0.2, 0.25) is 5.02 Å². The molecule has 2 aromatic rings. The molecule has 0 aromatic heterocycles. The first-order valence-corrected chi connectivity index (χ1v) is 5.81. The van der Waals surface area contributed by atoms with E-state index in [2.05, 4.69) is 5.32 Å². The quantitative estimate of drug-likeness (QED) is 0.835. The lowest BCUT2D eigenvalue weighted by atomic mass is 10.1. The van der Waals surface area contributed by atoms with Crippen molar-refractivity contribution in [2.75, 3.05) is 5.32 Å². The van der Waals surface area contributed by atoms with E-state index in [1.54, 1.807) is 6.07 Å². The molecule has 0 saturated heterocycles. The normalized spacial score (nSPS) is 12.2. The standard InChI is InChI=1S/C14H13ClFN/c1-10(11-5-4-6-12(16)9-11)17-14-8-3-2-7-13(14)15/h2-10,17H,1H3. The fourth-order valence-corrected chi connectivity index (χ4v) is 1.86. The summed E-state index contributed by atoms with van der Waals surface area (Å²) in [5.74, 6) is -0.227. The molecule has 1 N–H and O–H groups in total. The van der Waals surface area contributed by atoms with Crippen molar-refractivity contribution in [1.29, 1.82) is 0 Å². The van der Waals surface area contributed by atoms with Gasteiger partial charge in [-0.2, -0.15) is 0 Å². The van der Waals surface area contributed by atoms with E-state index in [1.807, 2.05) is 37.3 Å². The number of halogens is 2. The largest absolute Gasteiger partial charge is 0.377 e. The van der Waals surface area contributed by atoms with Gasteiger partial charge in [0.15, 0.2) is 0 Å². The molecule has 2 aromatic carbocycles. The molecule has 3 heteroatoms. The number of hydrogen-bond acceptors (Lipinski definition) is 1. The molecular weight excluding hydrogens is 237 g/mol. The van der Waals surface area contributed by atoms with Crippen LogP contribution in [-0.2, 0) is 0 Å². The summed E-state index contributed by atoms with van der Waals surface area (Å²) in [5.41, 5.74) is 1.75. The first kappa shape index (κ1) is 11.9. The Bertz CT molecular complexity index is 513. The van der Waals surface area contributed by atoms with Crippen molar-refractivity contribution in [2.24, 2.45) is 0 Å². The molecule has 17 heavy (non-hydrogen) atoms. The third kappa shape index (κ3) is 2.98. The van der Waals surface area contributed by atoms with E-state index >= 15 is 0 Å². The van der Waals surface area contributed by atoms with Crippen LogP contribution in [0.3, 0.4) is 0 Å². The van der Waals surface area contributed by atoms with Crippen molar-refractivity contribution in [3.05, 3.63) is 64.9 Å². The second kappa shape index (κ2) is 5.19. The Hall–Kier alpha value is -1.54. The Morgan fingerprint density at radius 2 is 1.88 bits per heavy atom. The van der Waals surface area contributed by atoms with E-state index in [9.17, 15) is 4.39 Å². The SMILES string of the molecule is CC(Nc1ccccc1Cl)c1cccc(F)c1. The lowest BCUT2D eigenvalue weighted by Gasteiger charge is -2.16. The van der Waals surface area contributed by atoms with Gasteiger partial charge in [0, 0.05) is 6.04 Å². The third-order valence-electron chi connectivity index (χ3n) is 2.59. The van der Waals surface area contributed by atoms with E-state index in [1.165, 1.54) is 12.1 Å². The number of anilines is 1. The third-order valence-corrected chi connectivity index (χ3v) is 2.92. The average Bonchev–Trinajstić information content (AvgIpc) is 2.32. The molecule has 1 atom stereocenters. The lowest BCUT2D eigenvalue weighted by molar-refractivity contribution is 0.623. The maximum absolute atomic E-state index is 13.1. The number of nitrogens with one attached hydrogen (secondary N) is 1. The molecule has 0 aliphatic heterocycles. The first-order valence-electron chi connectivity index (χ1n) is 5.43. The highest BCUT2D eigenvalue weighted by Gasteiger charge is 2.07. The summed E-state index contributed by atoms with van der Waals surface area (Å²) in [5, 5.41) is 3.92. The van der Waals surface area contributed by atoms with Crippen LogP contribution in [0, 0.1) is 5.82 Å². The minimum Gasteiger partial charge on any atom is -0.377 e. The van der Waals surface area contributed by atoms with E-state index in [-0.39, 0.29) is 11.9 Å². The smallest absolute Gasteiger partial charge is 0.123 e. The number of para-hydroxylation sites is 1. The molecule has 0 fully saturated rings. The second-order valence-corrected chi connectivity index (χ2v) is 4.31. The van der Waals surface area contributed by atoms with Gasteiger partial charge in [-0.3, -0.25) is 0 Å². The predicted molar refractivity (Wildman–Crippen MR) is 69.9 cm³/mol. The molecule has 0 amide bonds. The van der Waals surface area contributed by atoms with E-state index < -0.39 is 0 Å². The van der Waals surface area contributed by atoms with Gasteiger partial charge in [0.1, 0.15) is 5.82 Å². The van der Waals surface area contributed by atoms with Crippen molar-refractivity contribution in [3.63, 3.8) is 0 Å². The summed E-state index contributed by atoms with van der Waals surface area (Å²) in [6, 6.07) is 14.1. The van der Waals surface area contributed by atoms with Gasteiger partial charge in [-0.25, -0.2) is 4.39 Å². The van der Waals surface area contributed by atoms with Crippen LogP contribution >= 0.6 is 11.6 Å². The topological polar surface area (TPSA) is 12.0 Å². The summed E-state index contributed by atoms with van der Waals surface area (Å²) in [6.07, 6.45) is 0. The van der Waals surface area contributed by atoms with E-state index in [0.717, 1.165) is 11.3 Å². The molecule has 0 radical (unpaired) electrons.